The summed E-state index contributed by atoms with van der Waals surface area (Å²) in [7, 11) is 0. The fraction of sp³-hybridized carbons (Fsp3) is 0.385. The normalized spacial score (nSPS) is 14.6. The third kappa shape index (κ3) is 4.98. The van der Waals surface area contributed by atoms with E-state index in [2.05, 4.69) is 65.8 Å². The Labute approximate surface area is 178 Å². The summed E-state index contributed by atoms with van der Waals surface area (Å²) in [4.78, 5) is 1.68. The van der Waals surface area contributed by atoms with E-state index >= 15 is 0 Å². The zero-order valence-electron chi connectivity index (χ0n) is 18.2. The number of rotatable bonds is 4. The molecule has 2 atom stereocenters. The van der Waals surface area contributed by atoms with Crippen molar-refractivity contribution >= 4 is 11.3 Å². The number of aliphatic hydroxyl groups is 2. The average molecular weight is 409 g/mol. The van der Waals surface area contributed by atoms with Crippen LogP contribution in [0.5, 0.6) is 0 Å². The standard InChI is InChI=1S/C26H32O2S/c1-25(2,3)19-11-7-17(8-12-19)23(27)21-15-16-22(29-21)24(28)18-9-13-20(14-10-18)26(4,5)6/h7-16,23-24,27-28H,1-6H3. The highest BCUT2D eigenvalue weighted by molar-refractivity contribution is 7.12. The van der Waals surface area contributed by atoms with Crippen molar-refractivity contribution in [2.24, 2.45) is 0 Å². The summed E-state index contributed by atoms with van der Waals surface area (Å²) < 4.78 is 0. The summed E-state index contributed by atoms with van der Waals surface area (Å²) in [6.45, 7) is 13.1. The molecule has 0 aliphatic heterocycles. The number of benzene rings is 2. The highest BCUT2D eigenvalue weighted by atomic mass is 32.1. The van der Waals surface area contributed by atoms with Gasteiger partial charge < -0.3 is 10.2 Å². The van der Waals surface area contributed by atoms with Gasteiger partial charge in [-0.25, -0.2) is 0 Å². The zero-order chi connectivity index (χ0) is 21.4. The number of hydrogen-bond acceptors (Lipinski definition) is 3. The van der Waals surface area contributed by atoms with Crippen molar-refractivity contribution in [2.45, 2.75) is 64.6 Å². The van der Waals surface area contributed by atoms with Gasteiger partial charge in [0.05, 0.1) is 0 Å². The maximum Gasteiger partial charge on any atom is 0.113 e. The first-order valence-electron chi connectivity index (χ1n) is 10.1. The number of hydrogen-bond donors (Lipinski definition) is 2. The van der Waals surface area contributed by atoms with Crippen LogP contribution in [-0.4, -0.2) is 10.2 Å². The van der Waals surface area contributed by atoms with Gasteiger partial charge in [0.1, 0.15) is 12.2 Å². The van der Waals surface area contributed by atoms with Gasteiger partial charge in [-0.05, 0) is 45.2 Å². The molecule has 0 spiro atoms. The second kappa shape index (κ2) is 8.06. The summed E-state index contributed by atoms with van der Waals surface area (Å²) in [5.41, 5.74) is 4.41. The van der Waals surface area contributed by atoms with Crippen LogP contribution in [0.4, 0.5) is 0 Å². The fourth-order valence-electron chi connectivity index (χ4n) is 3.32. The summed E-state index contributed by atoms with van der Waals surface area (Å²) in [5, 5.41) is 21.6. The van der Waals surface area contributed by atoms with Crippen molar-refractivity contribution in [1.29, 1.82) is 0 Å². The molecule has 3 aromatic rings. The van der Waals surface area contributed by atoms with Crippen molar-refractivity contribution in [2.75, 3.05) is 0 Å². The predicted molar refractivity (Wildman–Crippen MR) is 123 cm³/mol. The number of thiophene rings is 1. The van der Waals surface area contributed by atoms with Crippen LogP contribution < -0.4 is 0 Å². The third-order valence-electron chi connectivity index (χ3n) is 5.37. The third-order valence-corrected chi connectivity index (χ3v) is 6.56. The molecule has 0 aliphatic rings. The molecule has 0 saturated carbocycles. The molecule has 0 aliphatic carbocycles. The monoisotopic (exact) mass is 408 g/mol. The van der Waals surface area contributed by atoms with Crippen LogP contribution in [0.2, 0.25) is 0 Å². The largest absolute Gasteiger partial charge is 0.383 e. The molecule has 154 valence electrons. The minimum atomic E-state index is -0.682. The molecule has 0 bridgehead atoms. The van der Waals surface area contributed by atoms with Gasteiger partial charge in [0, 0.05) is 9.75 Å². The lowest BCUT2D eigenvalue weighted by molar-refractivity contribution is 0.223. The Balaban J connectivity index is 1.77. The summed E-state index contributed by atoms with van der Waals surface area (Å²) in [6.07, 6.45) is -1.36. The van der Waals surface area contributed by atoms with Crippen LogP contribution in [0.15, 0.2) is 60.7 Å². The Kier molecular flexibility index (Phi) is 6.05. The molecule has 3 heteroatoms. The maximum absolute atomic E-state index is 10.8. The molecule has 2 unspecified atom stereocenters. The Morgan fingerprint density at radius 2 is 0.862 bits per heavy atom. The minimum absolute atomic E-state index is 0.0895. The van der Waals surface area contributed by atoms with Gasteiger partial charge >= 0.3 is 0 Å². The highest BCUT2D eigenvalue weighted by Gasteiger charge is 2.20. The van der Waals surface area contributed by atoms with Gasteiger partial charge in [-0.15, -0.1) is 11.3 Å². The minimum Gasteiger partial charge on any atom is -0.383 e. The molecule has 1 heterocycles. The average Bonchev–Trinajstić information content (AvgIpc) is 3.16. The Bertz CT molecular complexity index is 860. The molecule has 0 amide bonds. The van der Waals surface area contributed by atoms with E-state index in [0.717, 1.165) is 20.9 Å². The Morgan fingerprint density at radius 3 is 1.14 bits per heavy atom. The molecule has 3 rings (SSSR count). The van der Waals surface area contributed by atoms with E-state index in [1.807, 2.05) is 36.4 Å². The lowest BCUT2D eigenvalue weighted by Gasteiger charge is -2.20. The second-order valence-electron chi connectivity index (χ2n) is 9.79. The number of aliphatic hydroxyl groups excluding tert-OH is 2. The van der Waals surface area contributed by atoms with Crippen LogP contribution in [0.1, 0.15) is 85.8 Å². The topological polar surface area (TPSA) is 40.5 Å². The van der Waals surface area contributed by atoms with Crippen LogP contribution in [0.25, 0.3) is 0 Å². The Morgan fingerprint density at radius 1 is 0.552 bits per heavy atom. The SMILES string of the molecule is CC(C)(C)c1ccc(C(O)c2ccc(C(O)c3ccc(C(C)(C)C)cc3)s2)cc1. The molecule has 29 heavy (non-hydrogen) atoms. The van der Waals surface area contributed by atoms with Gasteiger partial charge in [0.2, 0.25) is 0 Å². The first-order valence-corrected chi connectivity index (χ1v) is 10.9. The van der Waals surface area contributed by atoms with Gasteiger partial charge in [-0.1, -0.05) is 90.1 Å². The quantitative estimate of drug-likeness (QED) is 0.517. The van der Waals surface area contributed by atoms with Gasteiger partial charge in [0.25, 0.3) is 0 Å². The van der Waals surface area contributed by atoms with E-state index in [0.29, 0.717) is 0 Å². The summed E-state index contributed by atoms with van der Waals surface area (Å²) >= 11 is 1.46. The molecule has 2 nitrogen and oxygen atoms in total. The highest BCUT2D eigenvalue weighted by Crippen LogP contribution is 2.35. The van der Waals surface area contributed by atoms with Crippen molar-refractivity contribution < 1.29 is 10.2 Å². The van der Waals surface area contributed by atoms with Crippen LogP contribution in [0, 0.1) is 0 Å². The van der Waals surface area contributed by atoms with Crippen LogP contribution in [-0.2, 0) is 10.8 Å². The van der Waals surface area contributed by atoms with Crippen molar-refractivity contribution in [3.63, 3.8) is 0 Å². The smallest absolute Gasteiger partial charge is 0.113 e. The van der Waals surface area contributed by atoms with Gasteiger partial charge in [0.15, 0.2) is 0 Å². The maximum atomic E-state index is 10.8. The van der Waals surface area contributed by atoms with Crippen molar-refractivity contribution in [3.05, 3.63) is 92.7 Å². The molecule has 2 N–H and O–H groups in total. The van der Waals surface area contributed by atoms with Gasteiger partial charge in [-0.3, -0.25) is 0 Å². The molecule has 0 fully saturated rings. The van der Waals surface area contributed by atoms with E-state index in [1.165, 1.54) is 22.5 Å². The first kappa shape index (κ1) is 21.8. The fourth-order valence-corrected chi connectivity index (χ4v) is 4.36. The van der Waals surface area contributed by atoms with Crippen LogP contribution >= 0.6 is 11.3 Å². The second-order valence-corrected chi connectivity index (χ2v) is 10.9. The lowest BCUT2D eigenvalue weighted by Crippen LogP contribution is -2.11. The van der Waals surface area contributed by atoms with E-state index in [1.54, 1.807) is 0 Å². The van der Waals surface area contributed by atoms with E-state index in [-0.39, 0.29) is 10.8 Å². The molecule has 0 radical (unpaired) electrons. The zero-order valence-corrected chi connectivity index (χ0v) is 19.0. The van der Waals surface area contributed by atoms with Gasteiger partial charge in [-0.2, -0.15) is 0 Å². The lowest BCUT2D eigenvalue weighted by atomic mass is 9.86. The van der Waals surface area contributed by atoms with E-state index < -0.39 is 12.2 Å². The van der Waals surface area contributed by atoms with E-state index in [9.17, 15) is 10.2 Å². The molecule has 0 saturated heterocycles. The molecular weight excluding hydrogens is 376 g/mol. The molecule has 1 aromatic heterocycles. The van der Waals surface area contributed by atoms with Crippen molar-refractivity contribution in [3.8, 4) is 0 Å². The first-order chi connectivity index (χ1) is 13.5. The molecule has 2 aromatic carbocycles. The van der Waals surface area contributed by atoms with E-state index in [4.69, 9.17) is 0 Å². The van der Waals surface area contributed by atoms with Crippen LogP contribution in [0.3, 0.4) is 0 Å². The summed E-state index contributed by atoms with van der Waals surface area (Å²) in [5.74, 6) is 0. The predicted octanol–water partition coefficient (Wildman–Crippen LogP) is 6.51. The van der Waals surface area contributed by atoms with Crippen molar-refractivity contribution in [1.82, 2.24) is 0 Å². The summed E-state index contributed by atoms with van der Waals surface area (Å²) in [6, 6.07) is 20.1. The Hall–Kier alpha value is -1.94. The molecular formula is C26H32O2S.